The van der Waals surface area contributed by atoms with Crippen molar-refractivity contribution >= 4 is 0 Å². The molecule has 2 rings (SSSR count). The molecule has 0 unspecified atom stereocenters. The molecule has 0 aliphatic carbocycles. The Morgan fingerprint density at radius 3 is 2.53 bits per heavy atom. The zero-order chi connectivity index (χ0) is 10.7. The lowest BCUT2D eigenvalue weighted by molar-refractivity contribution is -0.0526. The Balaban J connectivity index is 1.70. The predicted molar refractivity (Wildman–Crippen MR) is 53.3 cm³/mol. The predicted octanol–water partition coefficient (Wildman–Crippen LogP) is -0.919. The van der Waals surface area contributed by atoms with Crippen molar-refractivity contribution in [1.29, 1.82) is 0 Å². The molecular formula is C10H19NO4. The Morgan fingerprint density at radius 1 is 1.20 bits per heavy atom. The molecule has 88 valence electrons. The van der Waals surface area contributed by atoms with E-state index in [9.17, 15) is 5.11 Å². The first-order valence-electron chi connectivity index (χ1n) is 5.57. The van der Waals surface area contributed by atoms with Crippen molar-refractivity contribution in [2.75, 3.05) is 26.4 Å². The van der Waals surface area contributed by atoms with Gasteiger partial charge in [0.15, 0.2) is 6.29 Å². The fourth-order valence-corrected chi connectivity index (χ4v) is 2.24. The molecule has 0 spiro atoms. The molecule has 0 bridgehead atoms. The number of hydrogen-bond donors (Lipinski definition) is 3. The summed E-state index contributed by atoms with van der Waals surface area (Å²) in [5, 5.41) is 21.9. The Bertz CT molecular complexity index is 196. The third kappa shape index (κ3) is 2.68. The van der Waals surface area contributed by atoms with Gasteiger partial charge in [-0.2, -0.15) is 0 Å². The lowest BCUT2D eigenvalue weighted by atomic mass is 9.97. The molecule has 0 aromatic carbocycles. The second kappa shape index (κ2) is 5.23. The maximum absolute atomic E-state index is 9.82. The van der Waals surface area contributed by atoms with Crippen molar-refractivity contribution in [3.63, 3.8) is 0 Å². The maximum Gasteiger partial charge on any atom is 0.157 e. The van der Waals surface area contributed by atoms with Crippen LogP contribution >= 0.6 is 0 Å². The van der Waals surface area contributed by atoms with Crippen molar-refractivity contribution in [3.05, 3.63) is 0 Å². The highest BCUT2D eigenvalue weighted by molar-refractivity contribution is 4.89. The molecule has 0 saturated carbocycles. The van der Waals surface area contributed by atoms with Crippen molar-refractivity contribution in [1.82, 2.24) is 5.32 Å². The highest BCUT2D eigenvalue weighted by Gasteiger charge is 2.34. The molecule has 0 aromatic rings. The summed E-state index contributed by atoms with van der Waals surface area (Å²) in [6, 6.07) is -0.166. The van der Waals surface area contributed by atoms with E-state index < -0.39 is 6.10 Å². The summed E-state index contributed by atoms with van der Waals surface area (Å²) in [6.07, 6.45) is 1.15. The van der Waals surface area contributed by atoms with Gasteiger partial charge >= 0.3 is 0 Å². The van der Waals surface area contributed by atoms with Crippen LogP contribution in [0.15, 0.2) is 0 Å². The molecule has 5 heteroatoms. The number of aliphatic hydroxyl groups excluding tert-OH is 2. The molecule has 15 heavy (non-hydrogen) atoms. The lowest BCUT2D eigenvalue weighted by Gasteiger charge is -2.18. The van der Waals surface area contributed by atoms with Crippen LogP contribution in [0.1, 0.15) is 12.8 Å². The third-order valence-corrected chi connectivity index (χ3v) is 3.20. The van der Waals surface area contributed by atoms with Gasteiger partial charge in [-0.3, -0.25) is 0 Å². The first kappa shape index (κ1) is 11.3. The van der Waals surface area contributed by atoms with Crippen LogP contribution < -0.4 is 5.32 Å². The van der Waals surface area contributed by atoms with Gasteiger partial charge in [0.05, 0.1) is 32.0 Å². The fourth-order valence-electron chi connectivity index (χ4n) is 2.24. The highest BCUT2D eigenvalue weighted by Crippen LogP contribution is 2.22. The summed E-state index contributed by atoms with van der Waals surface area (Å²) in [5.74, 6) is 0.204. The van der Waals surface area contributed by atoms with Crippen LogP contribution in [0.2, 0.25) is 0 Å². The monoisotopic (exact) mass is 217 g/mol. The van der Waals surface area contributed by atoms with Gasteiger partial charge in [0.1, 0.15) is 0 Å². The van der Waals surface area contributed by atoms with E-state index in [2.05, 4.69) is 5.32 Å². The molecule has 3 atom stereocenters. The van der Waals surface area contributed by atoms with Crippen LogP contribution in [-0.4, -0.2) is 55.0 Å². The third-order valence-electron chi connectivity index (χ3n) is 3.20. The zero-order valence-electron chi connectivity index (χ0n) is 8.76. The summed E-state index contributed by atoms with van der Waals surface area (Å²) >= 11 is 0. The number of hydrogen-bond acceptors (Lipinski definition) is 5. The fraction of sp³-hybridized carbons (Fsp3) is 1.00. The van der Waals surface area contributed by atoms with E-state index in [-0.39, 0.29) is 24.9 Å². The molecule has 2 fully saturated rings. The largest absolute Gasteiger partial charge is 0.395 e. The van der Waals surface area contributed by atoms with Gasteiger partial charge in [-0.15, -0.1) is 0 Å². The first-order valence-corrected chi connectivity index (χ1v) is 5.57. The summed E-state index contributed by atoms with van der Waals surface area (Å²) in [5.41, 5.74) is 0. The molecule has 2 aliphatic rings. The Morgan fingerprint density at radius 2 is 1.93 bits per heavy atom. The first-order chi connectivity index (χ1) is 7.31. The van der Waals surface area contributed by atoms with Crippen LogP contribution in [0.4, 0.5) is 0 Å². The van der Waals surface area contributed by atoms with Crippen molar-refractivity contribution < 1.29 is 19.7 Å². The van der Waals surface area contributed by atoms with Crippen molar-refractivity contribution in [3.8, 4) is 0 Å². The van der Waals surface area contributed by atoms with E-state index in [0.29, 0.717) is 13.2 Å². The normalized spacial score (nSPS) is 37.6. The van der Waals surface area contributed by atoms with E-state index in [1.807, 2.05) is 0 Å². The molecule has 0 amide bonds. The van der Waals surface area contributed by atoms with Crippen LogP contribution in [0.5, 0.6) is 0 Å². The molecule has 5 nitrogen and oxygen atoms in total. The maximum atomic E-state index is 9.82. The Labute approximate surface area is 89.4 Å². The van der Waals surface area contributed by atoms with Crippen molar-refractivity contribution in [2.24, 2.45) is 5.92 Å². The molecule has 2 heterocycles. The summed E-state index contributed by atoms with van der Waals surface area (Å²) in [6.45, 7) is 2.11. The number of rotatable bonds is 4. The lowest BCUT2D eigenvalue weighted by Crippen LogP contribution is -2.34. The molecular weight excluding hydrogens is 198 g/mol. The summed E-state index contributed by atoms with van der Waals surface area (Å²) in [4.78, 5) is 0. The van der Waals surface area contributed by atoms with Gasteiger partial charge in [0.25, 0.3) is 0 Å². The van der Waals surface area contributed by atoms with E-state index >= 15 is 0 Å². The minimum Gasteiger partial charge on any atom is -0.395 e. The van der Waals surface area contributed by atoms with Gasteiger partial charge in [-0.25, -0.2) is 0 Å². The minimum atomic E-state index is -0.448. The standard InChI is InChI=1S/C10H19NO4/c12-6-8-10(13)7(5-11-8)1-2-9-14-3-4-15-9/h7-13H,1-6H2/t7-,8+,10+/m0/s1. The Kier molecular flexibility index (Phi) is 3.93. The second-order valence-corrected chi connectivity index (χ2v) is 4.20. The number of aliphatic hydroxyl groups is 2. The number of ether oxygens (including phenoxy) is 2. The highest BCUT2D eigenvalue weighted by atomic mass is 16.7. The van der Waals surface area contributed by atoms with E-state index in [4.69, 9.17) is 14.6 Å². The Hall–Kier alpha value is -0.200. The molecule has 2 saturated heterocycles. The quantitative estimate of drug-likeness (QED) is 0.568. The summed E-state index contributed by atoms with van der Waals surface area (Å²) in [7, 11) is 0. The molecule has 3 N–H and O–H groups in total. The second-order valence-electron chi connectivity index (χ2n) is 4.20. The SMILES string of the molecule is OC[C@H]1NC[C@H](CCC2OCCO2)[C@H]1O. The van der Waals surface area contributed by atoms with Crippen molar-refractivity contribution in [2.45, 2.75) is 31.3 Å². The topological polar surface area (TPSA) is 71.0 Å². The van der Waals surface area contributed by atoms with Gasteiger partial charge in [0, 0.05) is 6.54 Å². The van der Waals surface area contributed by atoms with Gasteiger partial charge in [-0.05, 0) is 18.8 Å². The molecule has 0 radical (unpaired) electrons. The van der Waals surface area contributed by atoms with E-state index in [1.54, 1.807) is 0 Å². The number of nitrogens with one attached hydrogen (secondary N) is 1. The average molecular weight is 217 g/mol. The van der Waals surface area contributed by atoms with E-state index in [0.717, 1.165) is 19.4 Å². The van der Waals surface area contributed by atoms with Crippen LogP contribution in [-0.2, 0) is 9.47 Å². The van der Waals surface area contributed by atoms with Gasteiger partial charge in [0.2, 0.25) is 0 Å². The average Bonchev–Trinajstić information content (AvgIpc) is 2.85. The summed E-state index contributed by atoms with van der Waals surface area (Å²) < 4.78 is 10.7. The smallest absolute Gasteiger partial charge is 0.157 e. The minimum absolute atomic E-state index is 0.00586. The van der Waals surface area contributed by atoms with Crippen LogP contribution in [0.25, 0.3) is 0 Å². The molecule has 2 aliphatic heterocycles. The van der Waals surface area contributed by atoms with Gasteiger partial charge < -0.3 is 25.0 Å². The van der Waals surface area contributed by atoms with E-state index in [1.165, 1.54) is 0 Å². The van der Waals surface area contributed by atoms with Crippen LogP contribution in [0.3, 0.4) is 0 Å². The van der Waals surface area contributed by atoms with Gasteiger partial charge in [-0.1, -0.05) is 0 Å². The molecule has 0 aromatic heterocycles. The zero-order valence-corrected chi connectivity index (χ0v) is 8.76. The van der Waals surface area contributed by atoms with Crippen LogP contribution in [0, 0.1) is 5.92 Å².